The highest BCUT2D eigenvalue weighted by Gasteiger charge is 2.34. The molecule has 0 heteroatoms. The Hall–Kier alpha value is -0.260. The van der Waals surface area contributed by atoms with E-state index in [0.29, 0.717) is 0 Å². The molecule has 0 radical (unpaired) electrons. The molecule has 1 rings (SSSR count). The van der Waals surface area contributed by atoms with Crippen LogP contribution in [-0.4, -0.2) is 0 Å². The summed E-state index contributed by atoms with van der Waals surface area (Å²) in [5, 5.41) is 0. The van der Waals surface area contributed by atoms with Gasteiger partial charge in [-0.25, -0.2) is 0 Å². The standard InChI is InChI=1S/C13H24/c1-8(2)11(6)13(9(3)4)12-7-10(12)5/h7-11,13H,1-6H3. The number of allylic oxidation sites excluding steroid dienone is 2. The van der Waals surface area contributed by atoms with Crippen LogP contribution in [0.5, 0.6) is 0 Å². The van der Waals surface area contributed by atoms with Crippen LogP contribution in [0.3, 0.4) is 0 Å². The van der Waals surface area contributed by atoms with E-state index in [4.69, 9.17) is 0 Å². The average Bonchev–Trinajstić information content (AvgIpc) is 2.66. The van der Waals surface area contributed by atoms with Crippen molar-refractivity contribution in [3.63, 3.8) is 0 Å². The van der Waals surface area contributed by atoms with Crippen molar-refractivity contribution in [2.24, 2.45) is 29.6 Å². The van der Waals surface area contributed by atoms with Crippen molar-refractivity contribution < 1.29 is 0 Å². The second kappa shape index (κ2) is 3.86. The number of rotatable bonds is 4. The third-order valence-corrected chi connectivity index (χ3v) is 3.58. The highest BCUT2D eigenvalue weighted by atomic mass is 14.4. The minimum Gasteiger partial charge on any atom is -0.0775 e. The second-order valence-electron chi connectivity index (χ2n) is 5.33. The third kappa shape index (κ3) is 2.36. The van der Waals surface area contributed by atoms with Crippen LogP contribution in [0, 0.1) is 29.6 Å². The van der Waals surface area contributed by atoms with Gasteiger partial charge in [-0.2, -0.15) is 0 Å². The Kier molecular flexibility index (Phi) is 3.21. The quantitative estimate of drug-likeness (QED) is 0.571. The van der Waals surface area contributed by atoms with E-state index in [9.17, 15) is 0 Å². The molecule has 1 aliphatic rings. The maximum absolute atomic E-state index is 2.43. The van der Waals surface area contributed by atoms with Crippen LogP contribution < -0.4 is 0 Å². The van der Waals surface area contributed by atoms with E-state index < -0.39 is 0 Å². The van der Waals surface area contributed by atoms with Crippen LogP contribution >= 0.6 is 0 Å². The van der Waals surface area contributed by atoms with Gasteiger partial charge in [0, 0.05) is 0 Å². The van der Waals surface area contributed by atoms with Gasteiger partial charge < -0.3 is 0 Å². The first kappa shape index (κ1) is 10.8. The van der Waals surface area contributed by atoms with Gasteiger partial charge in [0.2, 0.25) is 0 Å². The van der Waals surface area contributed by atoms with E-state index >= 15 is 0 Å². The zero-order valence-corrected chi connectivity index (χ0v) is 9.96. The first-order chi connectivity index (χ1) is 5.95. The monoisotopic (exact) mass is 180 g/mol. The Morgan fingerprint density at radius 2 is 1.46 bits per heavy atom. The van der Waals surface area contributed by atoms with Crippen LogP contribution in [0.4, 0.5) is 0 Å². The maximum atomic E-state index is 2.43. The predicted octanol–water partition coefficient (Wildman–Crippen LogP) is 4.13. The largest absolute Gasteiger partial charge is 0.0775 e. The summed E-state index contributed by atoms with van der Waals surface area (Å²) in [6.07, 6.45) is 2.43. The Labute approximate surface area is 83.4 Å². The highest BCUT2D eigenvalue weighted by molar-refractivity contribution is 5.31. The molecule has 13 heavy (non-hydrogen) atoms. The molecule has 0 aromatic carbocycles. The van der Waals surface area contributed by atoms with Crippen molar-refractivity contribution in [2.45, 2.75) is 41.5 Å². The topological polar surface area (TPSA) is 0 Å². The Morgan fingerprint density at radius 3 is 1.69 bits per heavy atom. The smallest absolute Gasteiger partial charge is 0.00455 e. The van der Waals surface area contributed by atoms with Crippen LogP contribution in [0.15, 0.2) is 11.6 Å². The molecule has 0 aliphatic heterocycles. The summed E-state index contributed by atoms with van der Waals surface area (Å²) in [5.41, 5.74) is 1.72. The maximum Gasteiger partial charge on any atom is -0.00455 e. The lowest BCUT2D eigenvalue weighted by atomic mass is 9.76. The van der Waals surface area contributed by atoms with Crippen molar-refractivity contribution in [1.29, 1.82) is 0 Å². The Morgan fingerprint density at radius 1 is 1.00 bits per heavy atom. The van der Waals surface area contributed by atoms with Crippen molar-refractivity contribution in [2.75, 3.05) is 0 Å². The minimum absolute atomic E-state index is 0.800. The van der Waals surface area contributed by atoms with E-state index in [1.54, 1.807) is 5.57 Å². The molecule has 0 aromatic heterocycles. The number of hydrogen-bond acceptors (Lipinski definition) is 0. The summed E-state index contributed by atoms with van der Waals surface area (Å²) in [5.74, 6) is 4.06. The summed E-state index contributed by atoms with van der Waals surface area (Å²) < 4.78 is 0. The van der Waals surface area contributed by atoms with Gasteiger partial charge in [0.25, 0.3) is 0 Å². The average molecular weight is 180 g/mol. The lowest BCUT2D eigenvalue weighted by Crippen LogP contribution is -2.22. The van der Waals surface area contributed by atoms with Gasteiger partial charge in [-0.15, -0.1) is 0 Å². The predicted molar refractivity (Wildman–Crippen MR) is 59.6 cm³/mol. The van der Waals surface area contributed by atoms with Crippen LogP contribution in [0.2, 0.25) is 0 Å². The van der Waals surface area contributed by atoms with Gasteiger partial charge in [0.05, 0.1) is 0 Å². The van der Waals surface area contributed by atoms with Crippen LogP contribution in [-0.2, 0) is 0 Å². The zero-order chi connectivity index (χ0) is 10.2. The van der Waals surface area contributed by atoms with Crippen molar-refractivity contribution in [1.82, 2.24) is 0 Å². The van der Waals surface area contributed by atoms with Gasteiger partial charge in [-0.05, 0) is 29.6 Å². The van der Waals surface area contributed by atoms with E-state index in [0.717, 1.165) is 29.6 Å². The normalized spacial score (nSPS) is 26.2. The van der Waals surface area contributed by atoms with Gasteiger partial charge in [-0.3, -0.25) is 0 Å². The molecule has 0 fully saturated rings. The molecule has 76 valence electrons. The fourth-order valence-electron chi connectivity index (χ4n) is 2.37. The van der Waals surface area contributed by atoms with Crippen molar-refractivity contribution in [3.05, 3.63) is 11.6 Å². The molecule has 0 N–H and O–H groups in total. The zero-order valence-electron chi connectivity index (χ0n) is 9.96. The number of hydrogen-bond donors (Lipinski definition) is 0. The third-order valence-electron chi connectivity index (χ3n) is 3.58. The fraction of sp³-hybridized carbons (Fsp3) is 0.846. The molecule has 3 atom stereocenters. The highest BCUT2D eigenvalue weighted by Crippen LogP contribution is 2.44. The van der Waals surface area contributed by atoms with Gasteiger partial charge in [0.1, 0.15) is 0 Å². The summed E-state index contributed by atoms with van der Waals surface area (Å²) in [6.45, 7) is 14.1. The molecule has 0 bridgehead atoms. The second-order valence-corrected chi connectivity index (χ2v) is 5.33. The van der Waals surface area contributed by atoms with E-state index in [1.165, 1.54) is 0 Å². The van der Waals surface area contributed by atoms with Crippen LogP contribution in [0.25, 0.3) is 0 Å². The lowest BCUT2D eigenvalue weighted by Gasteiger charge is -2.29. The molecule has 0 heterocycles. The summed E-state index contributed by atoms with van der Waals surface area (Å²) >= 11 is 0. The van der Waals surface area contributed by atoms with Crippen molar-refractivity contribution in [3.8, 4) is 0 Å². The lowest BCUT2D eigenvalue weighted by molar-refractivity contribution is 0.252. The molecule has 3 unspecified atom stereocenters. The summed E-state index contributed by atoms with van der Waals surface area (Å²) in [6, 6.07) is 0. The van der Waals surface area contributed by atoms with Crippen LogP contribution in [0.1, 0.15) is 41.5 Å². The molecule has 0 nitrogen and oxygen atoms in total. The molecule has 1 aliphatic carbocycles. The van der Waals surface area contributed by atoms with Gasteiger partial charge in [-0.1, -0.05) is 53.2 Å². The fourth-order valence-corrected chi connectivity index (χ4v) is 2.37. The molecule has 0 saturated heterocycles. The van der Waals surface area contributed by atoms with E-state index in [-0.39, 0.29) is 0 Å². The first-order valence-electron chi connectivity index (χ1n) is 5.66. The first-order valence-corrected chi connectivity index (χ1v) is 5.66. The summed E-state index contributed by atoms with van der Waals surface area (Å²) in [7, 11) is 0. The molecule has 0 amide bonds. The molecular formula is C13H24. The minimum atomic E-state index is 0.800. The Bertz CT molecular complexity index is 198. The SMILES string of the molecule is CC1C=C1C(C(C)C)C(C)C(C)C. The van der Waals surface area contributed by atoms with Crippen molar-refractivity contribution >= 4 is 0 Å². The van der Waals surface area contributed by atoms with Gasteiger partial charge >= 0.3 is 0 Å². The molecule has 0 spiro atoms. The summed E-state index contributed by atoms with van der Waals surface area (Å²) in [4.78, 5) is 0. The molecular weight excluding hydrogens is 156 g/mol. The van der Waals surface area contributed by atoms with E-state index in [1.807, 2.05) is 0 Å². The molecule has 0 saturated carbocycles. The van der Waals surface area contributed by atoms with E-state index in [2.05, 4.69) is 47.6 Å². The Balaban J connectivity index is 2.63. The molecule has 0 aromatic rings. The van der Waals surface area contributed by atoms with Gasteiger partial charge in [0.15, 0.2) is 0 Å².